The van der Waals surface area contributed by atoms with Crippen LogP contribution in [0.2, 0.25) is 0 Å². The first-order chi connectivity index (χ1) is 3.06. The van der Waals surface area contributed by atoms with Crippen molar-refractivity contribution in [3.8, 4) is 0 Å². The zero-order valence-electron chi connectivity index (χ0n) is 4.12. The Bertz CT molecular complexity index is 127. The van der Waals surface area contributed by atoms with Gasteiger partial charge in [0.05, 0.1) is 6.61 Å². The summed E-state index contributed by atoms with van der Waals surface area (Å²) in [5, 5.41) is 0. The third-order valence-corrected chi connectivity index (χ3v) is 0.800. The molecular formula is C2H6O4STb. The predicted octanol–water partition coefficient (Wildman–Crippen LogP) is -0.174. The van der Waals surface area contributed by atoms with Crippen molar-refractivity contribution in [3.63, 3.8) is 0 Å². The van der Waals surface area contributed by atoms with Gasteiger partial charge >= 0.3 is 10.4 Å². The molecule has 0 spiro atoms. The molecule has 1 radical (unpaired) electrons. The maximum Gasteiger partial charge on any atom is 0.397 e. The molecule has 8 heavy (non-hydrogen) atoms. The second kappa shape index (κ2) is 4.98. The Balaban J connectivity index is 0. The molecule has 1 N–H and O–H groups in total. The smallest absolute Gasteiger partial charge is 0.264 e. The van der Waals surface area contributed by atoms with Crippen molar-refractivity contribution in [3.05, 3.63) is 0 Å². The van der Waals surface area contributed by atoms with Crippen LogP contribution in [0.4, 0.5) is 0 Å². The van der Waals surface area contributed by atoms with E-state index in [1.807, 2.05) is 0 Å². The first-order valence-electron chi connectivity index (χ1n) is 1.68. The van der Waals surface area contributed by atoms with Crippen LogP contribution in [0.25, 0.3) is 0 Å². The fraction of sp³-hybridized carbons (Fsp3) is 1.00. The molecular weight excluding hydrogens is 279 g/mol. The van der Waals surface area contributed by atoms with Crippen molar-refractivity contribution in [2.24, 2.45) is 0 Å². The van der Waals surface area contributed by atoms with Gasteiger partial charge in [-0.05, 0) is 6.92 Å². The molecule has 4 nitrogen and oxygen atoms in total. The zero-order valence-corrected chi connectivity index (χ0v) is 7.08. The summed E-state index contributed by atoms with van der Waals surface area (Å²) in [6, 6.07) is 0. The molecule has 0 atom stereocenters. The molecule has 0 unspecified atom stereocenters. The quantitative estimate of drug-likeness (QED) is 0.715. The van der Waals surface area contributed by atoms with Crippen LogP contribution in [0.1, 0.15) is 6.92 Å². The van der Waals surface area contributed by atoms with Crippen molar-refractivity contribution in [2.75, 3.05) is 6.61 Å². The molecule has 0 aromatic rings. The topological polar surface area (TPSA) is 63.6 Å². The van der Waals surface area contributed by atoms with E-state index in [0.717, 1.165) is 0 Å². The minimum Gasteiger partial charge on any atom is -0.264 e. The van der Waals surface area contributed by atoms with Gasteiger partial charge in [-0.15, -0.1) is 0 Å². The average Bonchev–Trinajstić information content (AvgIpc) is 1.30. The molecule has 0 bridgehead atoms. The van der Waals surface area contributed by atoms with Crippen molar-refractivity contribution < 1.29 is 55.8 Å². The summed E-state index contributed by atoms with van der Waals surface area (Å²) in [6.07, 6.45) is 0. The summed E-state index contributed by atoms with van der Waals surface area (Å²) in [5.41, 5.74) is 0. The fourth-order valence-corrected chi connectivity index (χ4v) is 0.447. The molecule has 0 aromatic heterocycles. The van der Waals surface area contributed by atoms with Crippen LogP contribution in [0, 0.1) is 38.6 Å². The number of rotatable bonds is 2. The summed E-state index contributed by atoms with van der Waals surface area (Å²) in [6.45, 7) is 1.44. The molecule has 0 amide bonds. The molecule has 0 saturated heterocycles. The fourth-order valence-electron chi connectivity index (χ4n) is 0.149. The van der Waals surface area contributed by atoms with Crippen LogP contribution in [0.15, 0.2) is 0 Å². The molecule has 6 heteroatoms. The van der Waals surface area contributed by atoms with Crippen LogP contribution in [-0.4, -0.2) is 19.6 Å². The van der Waals surface area contributed by atoms with Gasteiger partial charge in [-0.1, -0.05) is 0 Å². The summed E-state index contributed by atoms with van der Waals surface area (Å²) >= 11 is 0. The molecule has 0 fully saturated rings. The van der Waals surface area contributed by atoms with E-state index < -0.39 is 10.4 Å². The zero-order chi connectivity index (χ0) is 5.91. The molecule has 53 valence electrons. The summed E-state index contributed by atoms with van der Waals surface area (Å²) in [4.78, 5) is 0. The van der Waals surface area contributed by atoms with E-state index in [0.29, 0.717) is 0 Å². The van der Waals surface area contributed by atoms with Gasteiger partial charge in [0.25, 0.3) is 0 Å². The standard InChI is InChI=1S/C2H6O4S.Tb/c1-2-6-7(3,4)5;/h2H2,1H3,(H,3,4,5);. The molecule has 0 aromatic carbocycles. The van der Waals surface area contributed by atoms with E-state index in [-0.39, 0.29) is 45.2 Å². The van der Waals surface area contributed by atoms with Crippen molar-refractivity contribution in [1.29, 1.82) is 0 Å². The second-order valence-electron chi connectivity index (χ2n) is 0.834. The van der Waals surface area contributed by atoms with E-state index in [1.54, 1.807) is 0 Å². The van der Waals surface area contributed by atoms with Gasteiger partial charge in [0, 0.05) is 38.6 Å². The Kier molecular flexibility index (Phi) is 7.41. The van der Waals surface area contributed by atoms with Gasteiger partial charge in [-0.3, -0.25) is 4.55 Å². The van der Waals surface area contributed by atoms with Gasteiger partial charge < -0.3 is 0 Å². The molecule has 0 aliphatic carbocycles. The third-order valence-electron chi connectivity index (χ3n) is 0.267. The van der Waals surface area contributed by atoms with Crippen LogP contribution in [0.3, 0.4) is 0 Å². The first kappa shape index (κ1) is 11.9. The monoisotopic (exact) mass is 285 g/mol. The van der Waals surface area contributed by atoms with Crippen LogP contribution in [-0.2, 0) is 14.6 Å². The molecule has 0 heterocycles. The normalized spacial score (nSPS) is 10.2. The average molecular weight is 285 g/mol. The van der Waals surface area contributed by atoms with E-state index in [1.165, 1.54) is 6.92 Å². The van der Waals surface area contributed by atoms with Gasteiger partial charge in [-0.25, -0.2) is 4.18 Å². The first-order valence-corrected chi connectivity index (χ1v) is 3.04. The Labute approximate surface area is 79.0 Å². The van der Waals surface area contributed by atoms with Crippen LogP contribution in [0.5, 0.6) is 0 Å². The van der Waals surface area contributed by atoms with E-state index in [9.17, 15) is 8.42 Å². The summed E-state index contributed by atoms with van der Waals surface area (Å²) in [5.74, 6) is 0. The predicted molar refractivity (Wildman–Crippen MR) is 23.2 cm³/mol. The number of hydrogen-bond acceptors (Lipinski definition) is 3. The Hall–Kier alpha value is 1.16. The van der Waals surface area contributed by atoms with E-state index in [2.05, 4.69) is 4.18 Å². The second-order valence-corrected chi connectivity index (χ2v) is 1.93. The van der Waals surface area contributed by atoms with Gasteiger partial charge in [0.15, 0.2) is 0 Å². The molecule has 0 aliphatic heterocycles. The maximum atomic E-state index is 9.56. The van der Waals surface area contributed by atoms with E-state index >= 15 is 0 Å². The summed E-state index contributed by atoms with van der Waals surface area (Å²) < 4.78 is 30.7. The third kappa shape index (κ3) is 10.2. The Morgan fingerprint density at radius 2 is 2.00 bits per heavy atom. The number of hydrogen-bond donors (Lipinski definition) is 1. The maximum absolute atomic E-state index is 9.56. The van der Waals surface area contributed by atoms with Crippen molar-refractivity contribution in [1.82, 2.24) is 0 Å². The minimum absolute atomic E-state index is 0. The van der Waals surface area contributed by atoms with Crippen molar-refractivity contribution >= 4 is 10.4 Å². The Morgan fingerprint density at radius 3 is 2.00 bits per heavy atom. The minimum atomic E-state index is -4.17. The van der Waals surface area contributed by atoms with Gasteiger partial charge in [0.1, 0.15) is 0 Å². The molecule has 0 saturated carbocycles. The summed E-state index contributed by atoms with van der Waals surface area (Å²) in [7, 11) is -4.17. The Morgan fingerprint density at radius 1 is 1.62 bits per heavy atom. The van der Waals surface area contributed by atoms with Crippen LogP contribution >= 0.6 is 0 Å². The largest absolute Gasteiger partial charge is 0.397 e. The van der Waals surface area contributed by atoms with Gasteiger partial charge in [-0.2, -0.15) is 8.42 Å². The van der Waals surface area contributed by atoms with Gasteiger partial charge in [0.2, 0.25) is 0 Å². The van der Waals surface area contributed by atoms with E-state index in [4.69, 9.17) is 4.55 Å². The van der Waals surface area contributed by atoms with Crippen LogP contribution < -0.4 is 0 Å². The molecule has 0 aliphatic rings. The van der Waals surface area contributed by atoms with Crippen molar-refractivity contribution in [2.45, 2.75) is 6.92 Å². The SMILES string of the molecule is CCOS(=O)(=O)O.[Tb]. The molecule has 0 rings (SSSR count).